The smallest absolute Gasteiger partial charge is 0.409 e. The quantitative estimate of drug-likeness (QED) is 0.754. The third-order valence-corrected chi connectivity index (χ3v) is 3.79. The summed E-state index contributed by atoms with van der Waals surface area (Å²) >= 11 is 0. The van der Waals surface area contributed by atoms with E-state index in [9.17, 15) is 14.4 Å². The standard InChI is InChI=1S/C15H22N2O2.C4H4O4/c1-3-19-15(18)17-10-8-16(9-11-17)12-14-6-4-13(2)5-7-14;5-3(6)1-2-4(7)8/h4-7H,3,8-12H2,1-2H3;1-2H,(H,5,6)(H,7,8)/b;2-1-. The van der Waals surface area contributed by atoms with Crippen LogP contribution in [-0.2, 0) is 20.9 Å². The average molecular weight is 378 g/mol. The Morgan fingerprint density at radius 2 is 1.52 bits per heavy atom. The van der Waals surface area contributed by atoms with Crippen LogP contribution in [0.5, 0.6) is 0 Å². The Morgan fingerprint density at radius 3 is 1.96 bits per heavy atom. The minimum Gasteiger partial charge on any atom is -0.478 e. The second-order valence-electron chi connectivity index (χ2n) is 5.96. The molecular weight excluding hydrogens is 352 g/mol. The van der Waals surface area contributed by atoms with Crippen molar-refractivity contribution in [2.24, 2.45) is 0 Å². The van der Waals surface area contributed by atoms with Crippen LogP contribution < -0.4 is 0 Å². The van der Waals surface area contributed by atoms with Crippen LogP contribution in [0, 0.1) is 6.92 Å². The summed E-state index contributed by atoms with van der Waals surface area (Å²) in [6.45, 7) is 8.67. The minimum atomic E-state index is -1.26. The van der Waals surface area contributed by atoms with Crippen molar-refractivity contribution in [3.8, 4) is 0 Å². The molecule has 1 heterocycles. The molecule has 0 aromatic heterocycles. The number of rotatable bonds is 5. The predicted octanol–water partition coefficient (Wildman–Crippen LogP) is 1.98. The lowest BCUT2D eigenvalue weighted by Gasteiger charge is -2.34. The molecule has 1 saturated heterocycles. The first-order valence-corrected chi connectivity index (χ1v) is 8.65. The molecule has 0 unspecified atom stereocenters. The molecule has 1 fully saturated rings. The van der Waals surface area contributed by atoms with Crippen molar-refractivity contribution in [3.63, 3.8) is 0 Å². The lowest BCUT2D eigenvalue weighted by Crippen LogP contribution is -2.48. The molecule has 0 saturated carbocycles. The number of amides is 1. The Morgan fingerprint density at radius 1 is 1.00 bits per heavy atom. The third-order valence-electron chi connectivity index (χ3n) is 3.79. The number of benzene rings is 1. The third kappa shape index (κ3) is 9.41. The van der Waals surface area contributed by atoms with Crippen LogP contribution >= 0.6 is 0 Å². The number of carbonyl (C=O) groups is 3. The van der Waals surface area contributed by atoms with Gasteiger partial charge >= 0.3 is 18.0 Å². The summed E-state index contributed by atoms with van der Waals surface area (Å²) in [6.07, 6.45) is 0.933. The average Bonchev–Trinajstić information content (AvgIpc) is 2.63. The van der Waals surface area contributed by atoms with E-state index >= 15 is 0 Å². The molecule has 1 aliphatic rings. The van der Waals surface area contributed by atoms with E-state index in [1.807, 2.05) is 6.92 Å². The topological polar surface area (TPSA) is 107 Å². The van der Waals surface area contributed by atoms with Crippen molar-refractivity contribution in [1.82, 2.24) is 9.80 Å². The van der Waals surface area contributed by atoms with Gasteiger partial charge in [-0.1, -0.05) is 29.8 Å². The molecule has 1 aliphatic heterocycles. The summed E-state index contributed by atoms with van der Waals surface area (Å²) in [5, 5.41) is 15.6. The van der Waals surface area contributed by atoms with Gasteiger partial charge in [0.05, 0.1) is 6.61 Å². The van der Waals surface area contributed by atoms with Gasteiger partial charge in [0, 0.05) is 44.9 Å². The van der Waals surface area contributed by atoms with E-state index in [2.05, 4.69) is 36.1 Å². The van der Waals surface area contributed by atoms with Crippen molar-refractivity contribution in [2.75, 3.05) is 32.8 Å². The summed E-state index contributed by atoms with van der Waals surface area (Å²) < 4.78 is 5.02. The molecule has 8 heteroatoms. The van der Waals surface area contributed by atoms with Gasteiger partial charge in [0.15, 0.2) is 0 Å². The molecule has 1 amide bonds. The maximum absolute atomic E-state index is 11.6. The number of carbonyl (C=O) groups excluding carboxylic acids is 1. The Kier molecular flexibility index (Phi) is 9.60. The number of carboxylic acids is 2. The van der Waals surface area contributed by atoms with E-state index in [0.717, 1.165) is 32.7 Å². The maximum atomic E-state index is 11.6. The largest absolute Gasteiger partial charge is 0.478 e. The molecule has 27 heavy (non-hydrogen) atoms. The van der Waals surface area contributed by atoms with Gasteiger partial charge in [-0.05, 0) is 19.4 Å². The number of hydrogen-bond donors (Lipinski definition) is 2. The van der Waals surface area contributed by atoms with Gasteiger partial charge in [0.1, 0.15) is 0 Å². The SMILES string of the molecule is CCOC(=O)N1CCN(Cc2ccc(C)cc2)CC1.O=C(O)/C=C\C(=O)O. The van der Waals surface area contributed by atoms with E-state index in [1.54, 1.807) is 4.90 Å². The summed E-state index contributed by atoms with van der Waals surface area (Å²) in [5.74, 6) is -2.51. The van der Waals surface area contributed by atoms with Crippen LogP contribution in [0.3, 0.4) is 0 Å². The molecular formula is C19H26N2O6. The number of aryl methyl sites for hydroxylation is 1. The van der Waals surface area contributed by atoms with Crippen LogP contribution in [0.4, 0.5) is 4.79 Å². The van der Waals surface area contributed by atoms with Crippen molar-refractivity contribution < 1.29 is 29.3 Å². The zero-order chi connectivity index (χ0) is 20.2. The van der Waals surface area contributed by atoms with Crippen LogP contribution in [0.1, 0.15) is 18.1 Å². The minimum absolute atomic E-state index is 0.183. The second-order valence-corrected chi connectivity index (χ2v) is 5.96. The second kappa shape index (κ2) is 11.7. The molecule has 0 spiro atoms. The molecule has 1 aromatic rings. The van der Waals surface area contributed by atoms with E-state index in [4.69, 9.17) is 14.9 Å². The van der Waals surface area contributed by atoms with Crippen LogP contribution in [0.2, 0.25) is 0 Å². The van der Waals surface area contributed by atoms with Crippen LogP contribution in [0.15, 0.2) is 36.4 Å². The van der Waals surface area contributed by atoms with Crippen LogP contribution in [0.25, 0.3) is 0 Å². The molecule has 1 aromatic carbocycles. The number of aliphatic carboxylic acids is 2. The Labute approximate surface area is 158 Å². The van der Waals surface area contributed by atoms with Gasteiger partial charge in [-0.3, -0.25) is 4.90 Å². The number of ether oxygens (including phenoxy) is 1. The number of carboxylic acid groups (broad SMARTS) is 2. The molecule has 0 bridgehead atoms. The Hall–Kier alpha value is -2.87. The summed E-state index contributed by atoms with van der Waals surface area (Å²) in [6, 6.07) is 8.63. The van der Waals surface area contributed by atoms with E-state index < -0.39 is 11.9 Å². The first-order chi connectivity index (χ1) is 12.8. The summed E-state index contributed by atoms with van der Waals surface area (Å²) in [7, 11) is 0. The molecule has 148 valence electrons. The van der Waals surface area contributed by atoms with E-state index in [-0.39, 0.29) is 6.09 Å². The number of piperazine rings is 1. The molecule has 2 N–H and O–H groups in total. The van der Waals surface area contributed by atoms with Gasteiger partial charge in [0.25, 0.3) is 0 Å². The highest BCUT2D eigenvalue weighted by Crippen LogP contribution is 2.10. The predicted molar refractivity (Wildman–Crippen MR) is 99.5 cm³/mol. The van der Waals surface area contributed by atoms with E-state index in [0.29, 0.717) is 18.8 Å². The van der Waals surface area contributed by atoms with Crippen molar-refractivity contribution in [3.05, 3.63) is 47.5 Å². The lowest BCUT2D eigenvalue weighted by atomic mass is 10.1. The highest BCUT2D eigenvalue weighted by molar-refractivity contribution is 5.89. The van der Waals surface area contributed by atoms with Gasteiger partial charge in [0.2, 0.25) is 0 Å². The van der Waals surface area contributed by atoms with Gasteiger partial charge in [-0.15, -0.1) is 0 Å². The zero-order valence-electron chi connectivity index (χ0n) is 15.6. The van der Waals surface area contributed by atoms with Gasteiger partial charge in [-0.25, -0.2) is 14.4 Å². The van der Waals surface area contributed by atoms with Crippen molar-refractivity contribution in [1.29, 1.82) is 0 Å². The zero-order valence-corrected chi connectivity index (χ0v) is 15.6. The van der Waals surface area contributed by atoms with E-state index in [1.165, 1.54) is 11.1 Å². The highest BCUT2D eigenvalue weighted by Gasteiger charge is 2.21. The fourth-order valence-electron chi connectivity index (χ4n) is 2.40. The first kappa shape index (κ1) is 22.2. The maximum Gasteiger partial charge on any atom is 0.409 e. The number of hydrogen-bond acceptors (Lipinski definition) is 5. The molecule has 8 nitrogen and oxygen atoms in total. The number of nitrogens with zero attached hydrogens (tertiary/aromatic N) is 2. The highest BCUT2D eigenvalue weighted by atomic mass is 16.6. The summed E-state index contributed by atoms with van der Waals surface area (Å²) in [5.41, 5.74) is 2.62. The van der Waals surface area contributed by atoms with Crippen molar-refractivity contribution >= 4 is 18.0 Å². The monoisotopic (exact) mass is 378 g/mol. The Bertz CT molecular complexity index is 633. The Balaban J connectivity index is 0.000000387. The molecule has 2 rings (SSSR count). The van der Waals surface area contributed by atoms with Crippen LogP contribution in [-0.4, -0.2) is 70.8 Å². The normalized spacial score (nSPS) is 14.4. The summed E-state index contributed by atoms with van der Waals surface area (Å²) in [4.78, 5) is 34.9. The fourth-order valence-corrected chi connectivity index (χ4v) is 2.40. The fraction of sp³-hybridized carbons (Fsp3) is 0.421. The van der Waals surface area contributed by atoms with Gasteiger partial charge < -0.3 is 19.8 Å². The molecule has 0 aliphatic carbocycles. The lowest BCUT2D eigenvalue weighted by molar-refractivity contribution is -0.134. The molecule has 0 atom stereocenters. The first-order valence-electron chi connectivity index (χ1n) is 8.65. The molecule has 0 radical (unpaired) electrons. The van der Waals surface area contributed by atoms with Crippen molar-refractivity contribution in [2.45, 2.75) is 20.4 Å². The van der Waals surface area contributed by atoms with Gasteiger partial charge in [-0.2, -0.15) is 0 Å².